The maximum Gasteiger partial charge on any atom is 0.312 e. The van der Waals surface area contributed by atoms with Crippen LogP contribution in [0.1, 0.15) is 50.3 Å². The number of aliphatic carboxylic acids is 1. The summed E-state index contributed by atoms with van der Waals surface area (Å²) >= 11 is 0. The first kappa shape index (κ1) is 10.2. The Kier molecular flexibility index (Phi) is 2.75. The van der Waals surface area contributed by atoms with Gasteiger partial charge in [-0.3, -0.25) is 4.79 Å². The quantitative estimate of drug-likeness (QED) is 0.828. The van der Waals surface area contributed by atoms with Gasteiger partial charge < -0.3 is 9.67 Å². The molecule has 0 aliphatic heterocycles. The second kappa shape index (κ2) is 4.04. The summed E-state index contributed by atoms with van der Waals surface area (Å²) in [6, 6.07) is 0.462. The number of carboxylic acids is 1. The van der Waals surface area contributed by atoms with E-state index in [0.717, 1.165) is 18.5 Å². The molecule has 1 heterocycles. The van der Waals surface area contributed by atoms with E-state index in [1.165, 1.54) is 12.8 Å². The lowest BCUT2D eigenvalue weighted by atomic mass is 10.1. The second-order valence-corrected chi connectivity index (χ2v) is 4.22. The molecule has 4 nitrogen and oxygen atoms in total. The van der Waals surface area contributed by atoms with E-state index in [0.29, 0.717) is 6.04 Å². The van der Waals surface area contributed by atoms with Crippen molar-refractivity contribution in [3.05, 3.63) is 18.2 Å². The first-order chi connectivity index (χ1) is 7.20. The van der Waals surface area contributed by atoms with E-state index < -0.39 is 11.9 Å². The van der Waals surface area contributed by atoms with Crippen molar-refractivity contribution in [1.82, 2.24) is 9.55 Å². The Labute approximate surface area is 88.9 Å². The van der Waals surface area contributed by atoms with Crippen molar-refractivity contribution in [3.8, 4) is 0 Å². The van der Waals surface area contributed by atoms with Gasteiger partial charge in [0, 0.05) is 12.2 Å². The first-order valence-corrected chi connectivity index (χ1v) is 5.44. The summed E-state index contributed by atoms with van der Waals surface area (Å²) in [5.74, 6) is -1.25. The molecule has 1 atom stereocenters. The normalized spacial score (nSPS) is 19.3. The third-order valence-electron chi connectivity index (χ3n) is 3.23. The van der Waals surface area contributed by atoms with E-state index in [2.05, 4.69) is 4.98 Å². The van der Waals surface area contributed by atoms with Crippen molar-refractivity contribution in [2.45, 2.75) is 44.6 Å². The Hall–Kier alpha value is -1.32. The Morgan fingerprint density at radius 1 is 1.60 bits per heavy atom. The lowest BCUT2D eigenvalue weighted by Crippen LogP contribution is -2.15. The molecule has 1 unspecified atom stereocenters. The molecule has 1 N–H and O–H groups in total. The maximum absolute atomic E-state index is 10.9. The van der Waals surface area contributed by atoms with E-state index in [4.69, 9.17) is 5.11 Å². The molecule has 82 valence electrons. The molecule has 4 heteroatoms. The van der Waals surface area contributed by atoms with Gasteiger partial charge in [0.15, 0.2) is 0 Å². The van der Waals surface area contributed by atoms with Crippen LogP contribution in [-0.4, -0.2) is 20.6 Å². The van der Waals surface area contributed by atoms with Gasteiger partial charge in [0.2, 0.25) is 0 Å². The highest BCUT2D eigenvalue weighted by Crippen LogP contribution is 2.32. The standard InChI is InChI=1S/C11H16N2O2/c1-8(11(14)15)10-6-12-7-13(10)9-4-2-3-5-9/h6-9H,2-5H2,1H3,(H,14,15). The van der Waals surface area contributed by atoms with E-state index >= 15 is 0 Å². The first-order valence-electron chi connectivity index (χ1n) is 5.44. The van der Waals surface area contributed by atoms with Crippen LogP contribution in [0.5, 0.6) is 0 Å². The van der Waals surface area contributed by atoms with Crippen LogP contribution < -0.4 is 0 Å². The van der Waals surface area contributed by atoms with E-state index in [1.54, 1.807) is 19.4 Å². The highest BCUT2D eigenvalue weighted by atomic mass is 16.4. The summed E-state index contributed by atoms with van der Waals surface area (Å²) < 4.78 is 2.05. The molecule has 1 saturated carbocycles. The number of nitrogens with zero attached hydrogens (tertiary/aromatic N) is 2. The summed E-state index contributed by atoms with van der Waals surface area (Å²) in [4.78, 5) is 15.0. The van der Waals surface area contributed by atoms with Gasteiger partial charge in [-0.15, -0.1) is 0 Å². The fourth-order valence-electron chi connectivity index (χ4n) is 2.26. The predicted octanol–water partition coefficient (Wildman–Crippen LogP) is 2.19. The minimum Gasteiger partial charge on any atom is -0.481 e. The average Bonchev–Trinajstić information content (AvgIpc) is 2.86. The summed E-state index contributed by atoms with van der Waals surface area (Å²) in [7, 11) is 0. The lowest BCUT2D eigenvalue weighted by Gasteiger charge is -2.16. The minimum atomic E-state index is -0.783. The number of carbonyl (C=O) groups is 1. The SMILES string of the molecule is CC(C(=O)O)c1cncn1C1CCCC1. The van der Waals surface area contributed by atoms with Crippen LogP contribution in [0, 0.1) is 0 Å². The molecule has 1 fully saturated rings. The van der Waals surface area contributed by atoms with Gasteiger partial charge in [0.1, 0.15) is 0 Å². The van der Waals surface area contributed by atoms with Crippen LogP contribution in [0.15, 0.2) is 12.5 Å². The zero-order valence-corrected chi connectivity index (χ0v) is 8.89. The van der Waals surface area contributed by atoms with Gasteiger partial charge in [-0.1, -0.05) is 12.8 Å². The van der Waals surface area contributed by atoms with E-state index in [9.17, 15) is 4.79 Å². The van der Waals surface area contributed by atoms with E-state index in [1.807, 2.05) is 4.57 Å². The van der Waals surface area contributed by atoms with Crippen LogP contribution in [0.2, 0.25) is 0 Å². The average molecular weight is 208 g/mol. The van der Waals surface area contributed by atoms with Gasteiger partial charge in [0.25, 0.3) is 0 Å². The Balaban J connectivity index is 2.24. The molecule has 0 saturated heterocycles. The van der Waals surface area contributed by atoms with Gasteiger partial charge in [-0.05, 0) is 19.8 Å². The van der Waals surface area contributed by atoms with Crippen LogP contribution in [0.25, 0.3) is 0 Å². The number of hydrogen-bond donors (Lipinski definition) is 1. The van der Waals surface area contributed by atoms with Crippen LogP contribution >= 0.6 is 0 Å². The molecule has 0 bridgehead atoms. The van der Waals surface area contributed by atoms with Gasteiger partial charge in [0.05, 0.1) is 17.9 Å². The molecule has 0 radical (unpaired) electrons. The van der Waals surface area contributed by atoms with Crippen molar-refractivity contribution in [2.24, 2.45) is 0 Å². The monoisotopic (exact) mass is 208 g/mol. The third-order valence-corrected chi connectivity index (χ3v) is 3.23. The van der Waals surface area contributed by atoms with Gasteiger partial charge in [-0.25, -0.2) is 4.98 Å². The summed E-state index contributed by atoms with van der Waals surface area (Å²) in [5.41, 5.74) is 0.828. The molecular weight excluding hydrogens is 192 g/mol. The summed E-state index contributed by atoms with van der Waals surface area (Å²) in [5, 5.41) is 8.98. The smallest absolute Gasteiger partial charge is 0.312 e. The second-order valence-electron chi connectivity index (χ2n) is 4.22. The number of imidazole rings is 1. The van der Waals surface area contributed by atoms with Gasteiger partial charge >= 0.3 is 5.97 Å². The molecule has 1 aromatic rings. The van der Waals surface area contributed by atoms with Crippen molar-refractivity contribution in [3.63, 3.8) is 0 Å². The summed E-state index contributed by atoms with van der Waals surface area (Å²) in [6.45, 7) is 1.71. The molecule has 15 heavy (non-hydrogen) atoms. The van der Waals surface area contributed by atoms with Crippen LogP contribution in [0.4, 0.5) is 0 Å². The molecule has 0 spiro atoms. The lowest BCUT2D eigenvalue weighted by molar-refractivity contribution is -0.138. The Morgan fingerprint density at radius 3 is 2.87 bits per heavy atom. The number of rotatable bonds is 3. The predicted molar refractivity (Wildman–Crippen MR) is 55.8 cm³/mol. The highest BCUT2D eigenvalue weighted by molar-refractivity contribution is 5.74. The highest BCUT2D eigenvalue weighted by Gasteiger charge is 2.24. The zero-order valence-electron chi connectivity index (χ0n) is 8.89. The molecule has 1 aromatic heterocycles. The molecule has 2 rings (SSSR count). The Morgan fingerprint density at radius 2 is 2.27 bits per heavy atom. The van der Waals surface area contributed by atoms with Crippen molar-refractivity contribution < 1.29 is 9.90 Å². The van der Waals surface area contributed by atoms with Gasteiger partial charge in [-0.2, -0.15) is 0 Å². The fourth-order valence-corrected chi connectivity index (χ4v) is 2.26. The molecular formula is C11H16N2O2. The number of carboxylic acid groups (broad SMARTS) is 1. The van der Waals surface area contributed by atoms with Crippen molar-refractivity contribution in [1.29, 1.82) is 0 Å². The summed E-state index contributed by atoms with van der Waals surface area (Å²) in [6.07, 6.45) is 8.22. The van der Waals surface area contributed by atoms with Crippen molar-refractivity contribution in [2.75, 3.05) is 0 Å². The fraction of sp³-hybridized carbons (Fsp3) is 0.636. The van der Waals surface area contributed by atoms with Crippen LogP contribution in [0.3, 0.4) is 0 Å². The molecule has 1 aliphatic rings. The molecule has 0 aromatic carbocycles. The van der Waals surface area contributed by atoms with Crippen molar-refractivity contribution >= 4 is 5.97 Å². The topological polar surface area (TPSA) is 55.1 Å². The minimum absolute atomic E-state index is 0.462. The Bertz CT molecular complexity index is 353. The van der Waals surface area contributed by atoms with Crippen LogP contribution in [-0.2, 0) is 4.79 Å². The van der Waals surface area contributed by atoms with E-state index in [-0.39, 0.29) is 0 Å². The molecule has 1 aliphatic carbocycles. The largest absolute Gasteiger partial charge is 0.481 e. The molecule has 0 amide bonds. The third kappa shape index (κ3) is 1.89. The number of aromatic nitrogens is 2. The zero-order chi connectivity index (χ0) is 10.8. The maximum atomic E-state index is 10.9. The number of hydrogen-bond acceptors (Lipinski definition) is 2.